The second kappa shape index (κ2) is 4.27. The summed E-state index contributed by atoms with van der Waals surface area (Å²) in [6, 6.07) is 3.76. The SMILES string of the molecule is CCN1CCC(c2nnc3ccc(Cl)cn23)C1. The lowest BCUT2D eigenvalue weighted by atomic mass is 10.1. The smallest absolute Gasteiger partial charge is 0.160 e. The molecular formula is C12H15ClN4. The molecule has 1 atom stereocenters. The van der Waals surface area contributed by atoms with Gasteiger partial charge in [-0.25, -0.2) is 0 Å². The molecule has 3 heterocycles. The molecule has 0 saturated carbocycles. The van der Waals surface area contributed by atoms with Crippen molar-refractivity contribution in [1.82, 2.24) is 19.5 Å². The van der Waals surface area contributed by atoms with Crippen molar-refractivity contribution in [3.63, 3.8) is 0 Å². The van der Waals surface area contributed by atoms with E-state index in [9.17, 15) is 0 Å². The molecule has 0 bridgehead atoms. The highest BCUT2D eigenvalue weighted by molar-refractivity contribution is 6.30. The fourth-order valence-electron chi connectivity index (χ4n) is 2.49. The van der Waals surface area contributed by atoms with Crippen LogP contribution in [0.15, 0.2) is 18.3 Å². The molecule has 0 aromatic carbocycles. The first-order valence-electron chi connectivity index (χ1n) is 6.00. The number of likely N-dealkylation sites (N-methyl/N-ethyl adjacent to an activating group) is 1. The number of pyridine rings is 1. The minimum atomic E-state index is 0.475. The van der Waals surface area contributed by atoms with Gasteiger partial charge in [-0.1, -0.05) is 18.5 Å². The fraction of sp³-hybridized carbons (Fsp3) is 0.500. The van der Waals surface area contributed by atoms with E-state index in [0.717, 1.165) is 42.5 Å². The van der Waals surface area contributed by atoms with Crippen LogP contribution >= 0.6 is 11.6 Å². The first-order chi connectivity index (χ1) is 8.28. The predicted octanol–water partition coefficient (Wildman–Crippen LogP) is 2.19. The summed E-state index contributed by atoms with van der Waals surface area (Å²) in [4.78, 5) is 2.44. The molecular weight excluding hydrogens is 236 g/mol. The molecule has 0 radical (unpaired) electrons. The van der Waals surface area contributed by atoms with Gasteiger partial charge in [0.1, 0.15) is 5.82 Å². The number of fused-ring (bicyclic) bond motifs is 1. The largest absolute Gasteiger partial charge is 0.303 e. The normalized spacial score (nSPS) is 21.4. The molecule has 0 amide bonds. The van der Waals surface area contributed by atoms with Gasteiger partial charge < -0.3 is 4.90 Å². The Hall–Kier alpha value is -1.13. The molecule has 1 fully saturated rings. The second-order valence-corrected chi connectivity index (χ2v) is 4.95. The van der Waals surface area contributed by atoms with E-state index >= 15 is 0 Å². The molecule has 2 aromatic rings. The van der Waals surface area contributed by atoms with Crippen molar-refractivity contribution < 1.29 is 0 Å². The third kappa shape index (κ3) is 1.91. The molecule has 4 nitrogen and oxygen atoms in total. The summed E-state index contributed by atoms with van der Waals surface area (Å²) in [7, 11) is 0. The van der Waals surface area contributed by atoms with Crippen LogP contribution in [0, 0.1) is 0 Å². The number of hydrogen-bond acceptors (Lipinski definition) is 3. The summed E-state index contributed by atoms with van der Waals surface area (Å²) in [5, 5.41) is 9.23. The zero-order valence-electron chi connectivity index (χ0n) is 9.80. The van der Waals surface area contributed by atoms with Crippen LogP contribution in [0.2, 0.25) is 5.02 Å². The van der Waals surface area contributed by atoms with Gasteiger partial charge in [-0.15, -0.1) is 10.2 Å². The highest BCUT2D eigenvalue weighted by Crippen LogP contribution is 2.26. The molecule has 0 N–H and O–H groups in total. The van der Waals surface area contributed by atoms with Crippen LogP contribution in [0.4, 0.5) is 0 Å². The van der Waals surface area contributed by atoms with Gasteiger partial charge in [0.15, 0.2) is 5.65 Å². The molecule has 90 valence electrons. The fourth-order valence-corrected chi connectivity index (χ4v) is 2.65. The van der Waals surface area contributed by atoms with Crippen molar-refractivity contribution in [2.75, 3.05) is 19.6 Å². The molecule has 1 aliphatic heterocycles. The van der Waals surface area contributed by atoms with Gasteiger partial charge in [0.2, 0.25) is 0 Å². The van der Waals surface area contributed by atoms with Crippen molar-refractivity contribution >= 4 is 17.2 Å². The second-order valence-electron chi connectivity index (χ2n) is 4.51. The van der Waals surface area contributed by atoms with Gasteiger partial charge in [0.05, 0.1) is 5.02 Å². The molecule has 3 rings (SSSR count). The Balaban J connectivity index is 1.98. The Morgan fingerprint density at radius 1 is 1.41 bits per heavy atom. The summed E-state index contributed by atoms with van der Waals surface area (Å²) in [5.74, 6) is 1.52. The van der Waals surface area contributed by atoms with Crippen LogP contribution in [-0.2, 0) is 0 Å². The Labute approximate surface area is 105 Å². The van der Waals surface area contributed by atoms with E-state index in [2.05, 4.69) is 22.0 Å². The van der Waals surface area contributed by atoms with Crippen LogP contribution in [0.5, 0.6) is 0 Å². The maximum Gasteiger partial charge on any atom is 0.160 e. The molecule has 0 spiro atoms. The number of hydrogen-bond donors (Lipinski definition) is 0. The maximum atomic E-state index is 6.02. The lowest BCUT2D eigenvalue weighted by Gasteiger charge is -2.11. The molecule has 2 aromatic heterocycles. The summed E-state index contributed by atoms with van der Waals surface area (Å²) in [5.41, 5.74) is 0.874. The van der Waals surface area contributed by atoms with E-state index in [1.165, 1.54) is 0 Å². The zero-order valence-corrected chi connectivity index (χ0v) is 10.6. The maximum absolute atomic E-state index is 6.02. The van der Waals surface area contributed by atoms with Gasteiger partial charge in [0.25, 0.3) is 0 Å². The van der Waals surface area contributed by atoms with Crippen LogP contribution in [0.25, 0.3) is 5.65 Å². The predicted molar refractivity (Wildman–Crippen MR) is 67.5 cm³/mol. The first-order valence-corrected chi connectivity index (χ1v) is 6.38. The van der Waals surface area contributed by atoms with E-state index in [1.807, 2.05) is 22.7 Å². The standard InChI is InChI=1S/C12H15ClN4/c1-2-16-6-5-9(7-16)12-15-14-11-4-3-10(13)8-17(11)12/h3-4,8-9H,2,5-7H2,1H3. The number of aromatic nitrogens is 3. The van der Waals surface area contributed by atoms with E-state index in [0.29, 0.717) is 5.92 Å². The Kier molecular flexibility index (Phi) is 2.76. The van der Waals surface area contributed by atoms with Gasteiger partial charge in [-0.3, -0.25) is 4.40 Å². The Bertz CT molecular complexity index is 536. The van der Waals surface area contributed by atoms with Crippen molar-refractivity contribution in [2.24, 2.45) is 0 Å². The number of likely N-dealkylation sites (tertiary alicyclic amines) is 1. The quantitative estimate of drug-likeness (QED) is 0.819. The summed E-state index contributed by atoms with van der Waals surface area (Å²) < 4.78 is 2.02. The number of rotatable bonds is 2. The number of nitrogens with zero attached hydrogens (tertiary/aromatic N) is 4. The minimum absolute atomic E-state index is 0.475. The minimum Gasteiger partial charge on any atom is -0.303 e. The van der Waals surface area contributed by atoms with Crippen LogP contribution < -0.4 is 0 Å². The molecule has 17 heavy (non-hydrogen) atoms. The summed E-state index contributed by atoms with van der Waals surface area (Å²) in [6.45, 7) is 5.52. The summed E-state index contributed by atoms with van der Waals surface area (Å²) >= 11 is 6.02. The topological polar surface area (TPSA) is 33.4 Å². The Morgan fingerprint density at radius 2 is 2.29 bits per heavy atom. The van der Waals surface area contributed by atoms with E-state index in [4.69, 9.17) is 11.6 Å². The third-order valence-electron chi connectivity index (χ3n) is 3.48. The third-order valence-corrected chi connectivity index (χ3v) is 3.70. The van der Waals surface area contributed by atoms with Crippen molar-refractivity contribution in [3.05, 3.63) is 29.2 Å². The van der Waals surface area contributed by atoms with Crippen molar-refractivity contribution in [3.8, 4) is 0 Å². The summed E-state index contributed by atoms with van der Waals surface area (Å²) in [6.07, 6.45) is 3.06. The lowest BCUT2D eigenvalue weighted by molar-refractivity contribution is 0.352. The van der Waals surface area contributed by atoms with Gasteiger partial charge in [-0.2, -0.15) is 0 Å². The van der Waals surface area contributed by atoms with Crippen molar-refractivity contribution in [2.45, 2.75) is 19.3 Å². The highest BCUT2D eigenvalue weighted by Gasteiger charge is 2.26. The average molecular weight is 251 g/mol. The molecule has 0 aliphatic carbocycles. The first kappa shape index (κ1) is 11.0. The van der Waals surface area contributed by atoms with E-state index in [-0.39, 0.29) is 0 Å². The highest BCUT2D eigenvalue weighted by atomic mass is 35.5. The zero-order chi connectivity index (χ0) is 11.8. The monoisotopic (exact) mass is 250 g/mol. The van der Waals surface area contributed by atoms with Crippen LogP contribution in [-0.4, -0.2) is 39.1 Å². The molecule has 1 aliphatic rings. The molecule has 1 unspecified atom stereocenters. The van der Waals surface area contributed by atoms with E-state index < -0.39 is 0 Å². The van der Waals surface area contributed by atoms with Crippen molar-refractivity contribution in [1.29, 1.82) is 0 Å². The van der Waals surface area contributed by atoms with Gasteiger partial charge >= 0.3 is 0 Å². The average Bonchev–Trinajstić information content (AvgIpc) is 2.93. The molecule has 5 heteroatoms. The van der Waals surface area contributed by atoms with Gasteiger partial charge in [0, 0.05) is 18.7 Å². The van der Waals surface area contributed by atoms with Gasteiger partial charge in [-0.05, 0) is 31.6 Å². The lowest BCUT2D eigenvalue weighted by Crippen LogP contribution is -2.19. The molecule has 1 saturated heterocycles. The number of halogens is 1. The van der Waals surface area contributed by atoms with Crippen LogP contribution in [0.1, 0.15) is 25.1 Å². The van der Waals surface area contributed by atoms with E-state index in [1.54, 1.807) is 0 Å². The van der Waals surface area contributed by atoms with Crippen LogP contribution in [0.3, 0.4) is 0 Å². The Morgan fingerprint density at radius 3 is 3.06 bits per heavy atom.